The molecule has 4 nitrogen and oxygen atoms in total. The van der Waals surface area contributed by atoms with Crippen LogP contribution in [0.5, 0.6) is 0 Å². The van der Waals surface area contributed by atoms with Gasteiger partial charge in [-0.25, -0.2) is 0 Å². The van der Waals surface area contributed by atoms with Crippen molar-refractivity contribution in [3.8, 4) is 0 Å². The van der Waals surface area contributed by atoms with Crippen molar-refractivity contribution in [2.45, 2.75) is 38.3 Å². The summed E-state index contributed by atoms with van der Waals surface area (Å²) in [6.45, 7) is 5.31. The van der Waals surface area contributed by atoms with Gasteiger partial charge in [-0.05, 0) is 43.2 Å². The minimum absolute atomic E-state index is 0.253. The monoisotopic (exact) mass is 273 g/mol. The summed E-state index contributed by atoms with van der Waals surface area (Å²) in [5, 5.41) is 3.48. The molecule has 0 aromatic carbocycles. The van der Waals surface area contributed by atoms with Crippen LogP contribution in [0.2, 0.25) is 0 Å². The molecule has 108 valence electrons. The van der Waals surface area contributed by atoms with E-state index in [1.165, 1.54) is 12.8 Å². The summed E-state index contributed by atoms with van der Waals surface area (Å²) in [4.78, 5) is 15.1. The molecule has 3 fully saturated rings. The molecule has 0 spiro atoms. The molecule has 3 heterocycles. The van der Waals surface area contributed by atoms with E-state index in [1.807, 2.05) is 12.1 Å². The fourth-order valence-electron chi connectivity index (χ4n) is 4.17. The second-order valence-electron chi connectivity index (χ2n) is 6.55. The van der Waals surface area contributed by atoms with Crippen LogP contribution in [0.1, 0.15) is 42.7 Å². The Hall–Kier alpha value is -1.29. The van der Waals surface area contributed by atoms with E-state index in [2.05, 4.69) is 27.9 Å². The van der Waals surface area contributed by atoms with Gasteiger partial charge in [-0.15, -0.1) is 0 Å². The molecule has 2 saturated heterocycles. The molecule has 20 heavy (non-hydrogen) atoms. The quantitative estimate of drug-likeness (QED) is 0.913. The summed E-state index contributed by atoms with van der Waals surface area (Å²) >= 11 is 0. The van der Waals surface area contributed by atoms with E-state index in [0.29, 0.717) is 23.9 Å². The van der Waals surface area contributed by atoms with Crippen LogP contribution in [-0.4, -0.2) is 41.1 Å². The largest absolute Gasteiger partial charge is 0.340 e. The zero-order chi connectivity index (χ0) is 13.7. The zero-order valence-corrected chi connectivity index (χ0v) is 12.1. The molecular weight excluding hydrogens is 250 g/mol. The summed E-state index contributed by atoms with van der Waals surface area (Å²) in [6.07, 6.45) is 5.59. The topological polar surface area (TPSA) is 37.3 Å². The molecule has 1 aromatic rings. The average Bonchev–Trinajstić information content (AvgIpc) is 2.91. The molecule has 3 atom stereocenters. The Morgan fingerprint density at radius 1 is 1.40 bits per heavy atom. The molecule has 3 unspecified atom stereocenters. The Labute approximate surface area is 120 Å². The molecule has 3 aliphatic rings. The summed E-state index contributed by atoms with van der Waals surface area (Å²) < 4.78 is 2.20. The molecule has 0 radical (unpaired) electrons. The van der Waals surface area contributed by atoms with Crippen molar-refractivity contribution in [1.29, 1.82) is 0 Å². The van der Waals surface area contributed by atoms with Crippen molar-refractivity contribution in [2.24, 2.45) is 11.8 Å². The SMILES string of the molecule is CCC1C2CNCC2CN1C(=O)c1cccn1C1CC1. The van der Waals surface area contributed by atoms with Crippen molar-refractivity contribution in [2.75, 3.05) is 19.6 Å². The second kappa shape index (κ2) is 4.62. The Kier molecular flexibility index (Phi) is 2.88. The molecule has 1 aromatic heterocycles. The van der Waals surface area contributed by atoms with Gasteiger partial charge >= 0.3 is 0 Å². The number of amides is 1. The Bertz CT molecular complexity index is 520. The molecule has 1 saturated carbocycles. The summed E-state index contributed by atoms with van der Waals surface area (Å²) in [5.41, 5.74) is 0.902. The van der Waals surface area contributed by atoms with Crippen LogP contribution in [0.3, 0.4) is 0 Å². The van der Waals surface area contributed by atoms with Crippen molar-refractivity contribution < 1.29 is 4.79 Å². The van der Waals surface area contributed by atoms with Gasteiger partial charge in [0.15, 0.2) is 0 Å². The van der Waals surface area contributed by atoms with Gasteiger partial charge in [0.1, 0.15) is 5.69 Å². The van der Waals surface area contributed by atoms with Crippen LogP contribution in [0, 0.1) is 11.8 Å². The van der Waals surface area contributed by atoms with Crippen molar-refractivity contribution >= 4 is 5.91 Å². The first-order valence-electron chi connectivity index (χ1n) is 7.98. The van der Waals surface area contributed by atoms with Gasteiger partial charge in [-0.2, -0.15) is 0 Å². The number of carbonyl (C=O) groups excluding carboxylic acids is 1. The van der Waals surface area contributed by atoms with Crippen molar-refractivity contribution in [1.82, 2.24) is 14.8 Å². The first-order chi connectivity index (χ1) is 9.79. The Balaban J connectivity index is 1.60. The minimum atomic E-state index is 0.253. The van der Waals surface area contributed by atoms with Crippen molar-refractivity contribution in [3.63, 3.8) is 0 Å². The van der Waals surface area contributed by atoms with Gasteiger partial charge in [0.05, 0.1) is 0 Å². The normalized spacial score (nSPS) is 32.6. The maximum atomic E-state index is 12.9. The second-order valence-corrected chi connectivity index (χ2v) is 6.55. The average molecular weight is 273 g/mol. The van der Waals surface area contributed by atoms with Gasteiger partial charge in [0.2, 0.25) is 0 Å². The first kappa shape index (κ1) is 12.5. The van der Waals surface area contributed by atoms with Gasteiger partial charge in [-0.1, -0.05) is 6.92 Å². The number of fused-ring (bicyclic) bond motifs is 1. The van der Waals surface area contributed by atoms with E-state index in [0.717, 1.165) is 31.7 Å². The van der Waals surface area contributed by atoms with Gasteiger partial charge in [0.25, 0.3) is 5.91 Å². The fraction of sp³-hybridized carbons (Fsp3) is 0.688. The first-order valence-corrected chi connectivity index (χ1v) is 7.98. The van der Waals surface area contributed by atoms with Gasteiger partial charge in [0, 0.05) is 37.9 Å². The third-order valence-electron chi connectivity index (χ3n) is 5.34. The van der Waals surface area contributed by atoms with E-state index < -0.39 is 0 Å². The standard InChI is InChI=1S/C16H23N3O/c1-2-14-13-9-17-8-11(13)10-19(14)16(20)15-4-3-7-18(15)12-5-6-12/h3-4,7,11-14,17H,2,5-6,8-10H2,1H3. The lowest BCUT2D eigenvalue weighted by atomic mass is 9.93. The molecule has 4 heteroatoms. The number of likely N-dealkylation sites (tertiary alicyclic amines) is 1. The lowest BCUT2D eigenvalue weighted by molar-refractivity contribution is 0.0700. The Morgan fingerprint density at radius 2 is 2.25 bits per heavy atom. The molecule has 1 aliphatic carbocycles. The van der Waals surface area contributed by atoms with Crippen LogP contribution in [0.25, 0.3) is 0 Å². The highest BCUT2D eigenvalue weighted by atomic mass is 16.2. The fourth-order valence-corrected chi connectivity index (χ4v) is 4.17. The predicted molar refractivity (Wildman–Crippen MR) is 77.7 cm³/mol. The van der Waals surface area contributed by atoms with Crippen LogP contribution in [-0.2, 0) is 0 Å². The van der Waals surface area contributed by atoms with E-state index in [9.17, 15) is 4.79 Å². The number of nitrogens with one attached hydrogen (secondary N) is 1. The van der Waals surface area contributed by atoms with Gasteiger partial charge in [-0.3, -0.25) is 4.79 Å². The lowest BCUT2D eigenvalue weighted by Gasteiger charge is -2.27. The smallest absolute Gasteiger partial charge is 0.270 e. The number of hydrogen-bond donors (Lipinski definition) is 1. The molecule has 1 N–H and O–H groups in total. The zero-order valence-electron chi connectivity index (χ0n) is 12.1. The third kappa shape index (κ3) is 1.81. The van der Waals surface area contributed by atoms with E-state index in [4.69, 9.17) is 0 Å². The molecule has 1 amide bonds. The number of nitrogens with zero attached hydrogens (tertiary/aromatic N) is 2. The number of hydrogen-bond acceptors (Lipinski definition) is 2. The predicted octanol–water partition coefficient (Wildman–Crippen LogP) is 1.89. The molecule has 2 aliphatic heterocycles. The number of aromatic nitrogens is 1. The molecule has 4 rings (SSSR count). The van der Waals surface area contributed by atoms with E-state index in [1.54, 1.807) is 0 Å². The van der Waals surface area contributed by atoms with E-state index >= 15 is 0 Å². The minimum Gasteiger partial charge on any atom is -0.340 e. The van der Waals surface area contributed by atoms with Crippen LogP contribution < -0.4 is 5.32 Å². The molecular formula is C16H23N3O. The summed E-state index contributed by atoms with van der Waals surface area (Å²) in [7, 11) is 0. The Morgan fingerprint density at radius 3 is 3.00 bits per heavy atom. The maximum Gasteiger partial charge on any atom is 0.270 e. The van der Waals surface area contributed by atoms with Crippen LogP contribution >= 0.6 is 0 Å². The third-order valence-corrected chi connectivity index (χ3v) is 5.34. The summed E-state index contributed by atoms with van der Waals surface area (Å²) in [5.74, 6) is 1.57. The van der Waals surface area contributed by atoms with Gasteiger partial charge < -0.3 is 14.8 Å². The lowest BCUT2D eigenvalue weighted by Crippen LogP contribution is -2.40. The van der Waals surface area contributed by atoms with Crippen molar-refractivity contribution in [3.05, 3.63) is 24.0 Å². The highest BCUT2D eigenvalue weighted by molar-refractivity contribution is 5.93. The highest BCUT2D eigenvalue weighted by Crippen LogP contribution is 2.38. The van der Waals surface area contributed by atoms with E-state index in [-0.39, 0.29) is 5.91 Å². The highest BCUT2D eigenvalue weighted by Gasteiger charge is 2.45. The van der Waals surface area contributed by atoms with Crippen LogP contribution in [0.15, 0.2) is 18.3 Å². The summed E-state index contributed by atoms with van der Waals surface area (Å²) in [6, 6.07) is 5.02. The maximum absolute atomic E-state index is 12.9. The number of rotatable bonds is 3. The van der Waals surface area contributed by atoms with Crippen LogP contribution in [0.4, 0.5) is 0 Å². The number of carbonyl (C=O) groups is 1. The molecule has 0 bridgehead atoms.